The minimum atomic E-state index is -0.432. The summed E-state index contributed by atoms with van der Waals surface area (Å²) >= 11 is 0. The van der Waals surface area contributed by atoms with E-state index < -0.39 is 6.03 Å². The molecule has 174 valence electrons. The monoisotopic (exact) mass is 462 g/mol. The number of aromatic amines is 1. The third kappa shape index (κ3) is 5.30. The van der Waals surface area contributed by atoms with Crippen LogP contribution in [0.25, 0.3) is 11.0 Å². The lowest BCUT2D eigenvalue weighted by atomic mass is 10.3. The van der Waals surface area contributed by atoms with Crippen LogP contribution in [0, 0.1) is 5.82 Å². The van der Waals surface area contributed by atoms with Crippen molar-refractivity contribution in [3.05, 3.63) is 72.4 Å². The normalized spacial score (nSPS) is 14.1. The number of rotatable bonds is 6. The first-order valence-corrected chi connectivity index (χ1v) is 10.9. The van der Waals surface area contributed by atoms with Gasteiger partial charge in [-0.1, -0.05) is 0 Å². The first-order valence-electron chi connectivity index (χ1n) is 10.9. The van der Waals surface area contributed by atoms with Crippen molar-refractivity contribution in [2.24, 2.45) is 0 Å². The van der Waals surface area contributed by atoms with E-state index in [1.54, 1.807) is 24.3 Å². The Labute approximate surface area is 194 Å². The standard InChI is InChI=1S/C24H23FN6O3/c25-16-1-3-17(4-2-16)29-24(32)30-18-5-7-20(8-6-18)34-23-21-13-19(28-22(21)26-15-27-23)14-31-9-11-33-12-10-31/h1-8,13,15H,9-12,14H2,(H,26,27,28)(H2,29,30,32). The highest BCUT2D eigenvalue weighted by molar-refractivity contribution is 5.99. The van der Waals surface area contributed by atoms with Crippen molar-refractivity contribution >= 4 is 28.4 Å². The van der Waals surface area contributed by atoms with Crippen molar-refractivity contribution in [2.45, 2.75) is 6.54 Å². The number of anilines is 2. The van der Waals surface area contributed by atoms with Crippen LogP contribution in [0.2, 0.25) is 0 Å². The fourth-order valence-electron chi connectivity index (χ4n) is 3.68. The number of urea groups is 1. The van der Waals surface area contributed by atoms with Gasteiger partial charge in [-0.3, -0.25) is 4.90 Å². The molecule has 0 aliphatic carbocycles. The molecule has 0 atom stereocenters. The number of fused-ring (bicyclic) bond motifs is 1. The Morgan fingerprint density at radius 2 is 1.71 bits per heavy atom. The molecule has 1 aliphatic heterocycles. The van der Waals surface area contributed by atoms with Crippen molar-refractivity contribution < 1.29 is 18.7 Å². The van der Waals surface area contributed by atoms with Crippen LogP contribution in [0.3, 0.4) is 0 Å². The quantitative estimate of drug-likeness (QED) is 0.393. The summed E-state index contributed by atoms with van der Waals surface area (Å²) in [4.78, 5) is 26.4. The van der Waals surface area contributed by atoms with E-state index in [2.05, 4.69) is 30.5 Å². The molecule has 1 aliphatic rings. The SMILES string of the molecule is O=C(Nc1ccc(F)cc1)Nc1ccc(Oc2ncnc3[nH]c(CN4CCOCC4)cc23)cc1. The minimum Gasteiger partial charge on any atom is -0.438 e. The lowest BCUT2D eigenvalue weighted by molar-refractivity contribution is 0.0337. The van der Waals surface area contributed by atoms with E-state index in [4.69, 9.17) is 9.47 Å². The summed E-state index contributed by atoms with van der Waals surface area (Å²) in [5.41, 5.74) is 2.82. The predicted molar refractivity (Wildman–Crippen MR) is 126 cm³/mol. The molecular weight excluding hydrogens is 439 g/mol. The van der Waals surface area contributed by atoms with Gasteiger partial charge in [-0.05, 0) is 54.6 Å². The Hall–Kier alpha value is -4.02. The number of nitrogens with zero attached hydrogens (tertiary/aromatic N) is 3. The summed E-state index contributed by atoms with van der Waals surface area (Å²) in [5.74, 6) is 0.653. The summed E-state index contributed by atoms with van der Waals surface area (Å²) in [5, 5.41) is 6.17. The zero-order valence-corrected chi connectivity index (χ0v) is 18.3. The molecule has 0 unspecified atom stereocenters. The second-order valence-corrected chi connectivity index (χ2v) is 7.84. The van der Waals surface area contributed by atoms with Crippen LogP contribution in [-0.4, -0.2) is 52.2 Å². The molecule has 4 aromatic rings. The zero-order chi connectivity index (χ0) is 23.3. The zero-order valence-electron chi connectivity index (χ0n) is 18.3. The maximum atomic E-state index is 13.0. The van der Waals surface area contributed by atoms with Gasteiger partial charge in [-0.15, -0.1) is 0 Å². The molecule has 0 bridgehead atoms. The van der Waals surface area contributed by atoms with Crippen LogP contribution < -0.4 is 15.4 Å². The van der Waals surface area contributed by atoms with Crippen LogP contribution in [0.5, 0.6) is 11.6 Å². The second kappa shape index (κ2) is 9.86. The second-order valence-electron chi connectivity index (χ2n) is 7.84. The van der Waals surface area contributed by atoms with Crippen LogP contribution in [0.15, 0.2) is 60.9 Å². The van der Waals surface area contributed by atoms with Crippen molar-refractivity contribution in [2.75, 3.05) is 36.9 Å². The van der Waals surface area contributed by atoms with Crippen molar-refractivity contribution in [3.63, 3.8) is 0 Å². The van der Waals surface area contributed by atoms with Gasteiger partial charge in [0.25, 0.3) is 0 Å². The number of ether oxygens (including phenoxy) is 2. The minimum absolute atomic E-state index is 0.365. The summed E-state index contributed by atoms with van der Waals surface area (Å²) < 4.78 is 24.4. The molecule has 3 heterocycles. The number of amides is 2. The highest BCUT2D eigenvalue weighted by atomic mass is 19.1. The Morgan fingerprint density at radius 1 is 1.03 bits per heavy atom. The number of halogens is 1. The maximum Gasteiger partial charge on any atom is 0.323 e. The largest absolute Gasteiger partial charge is 0.438 e. The van der Waals surface area contributed by atoms with Gasteiger partial charge in [0.2, 0.25) is 5.88 Å². The molecule has 5 rings (SSSR count). The van der Waals surface area contributed by atoms with Gasteiger partial charge in [-0.2, -0.15) is 0 Å². The van der Waals surface area contributed by atoms with Crippen molar-refractivity contribution in [3.8, 4) is 11.6 Å². The molecule has 2 amide bonds. The number of nitrogens with one attached hydrogen (secondary N) is 3. The molecule has 9 nitrogen and oxygen atoms in total. The van der Waals surface area contributed by atoms with E-state index in [0.29, 0.717) is 28.7 Å². The average molecular weight is 462 g/mol. The molecular formula is C24H23FN6O3. The van der Waals surface area contributed by atoms with Crippen LogP contribution in [0.1, 0.15) is 5.69 Å². The lowest BCUT2D eigenvalue weighted by Crippen LogP contribution is -2.35. The van der Waals surface area contributed by atoms with Crippen molar-refractivity contribution in [1.29, 1.82) is 0 Å². The highest BCUT2D eigenvalue weighted by Crippen LogP contribution is 2.28. The summed E-state index contributed by atoms with van der Waals surface area (Å²) in [7, 11) is 0. The molecule has 3 N–H and O–H groups in total. The van der Waals surface area contributed by atoms with Gasteiger partial charge in [0.05, 0.1) is 18.6 Å². The van der Waals surface area contributed by atoms with Crippen LogP contribution >= 0.6 is 0 Å². The fourth-order valence-corrected chi connectivity index (χ4v) is 3.68. The van der Waals surface area contributed by atoms with Gasteiger partial charge in [0.1, 0.15) is 23.5 Å². The van der Waals surface area contributed by atoms with E-state index in [0.717, 1.165) is 43.9 Å². The molecule has 0 spiro atoms. The number of hydrogen-bond donors (Lipinski definition) is 3. The van der Waals surface area contributed by atoms with Gasteiger partial charge in [0, 0.05) is 36.7 Å². The van der Waals surface area contributed by atoms with Gasteiger partial charge in [0.15, 0.2) is 0 Å². The maximum absolute atomic E-state index is 13.0. The molecule has 34 heavy (non-hydrogen) atoms. The first kappa shape index (κ1) is 21.8. The Balaban J connectivity index is 1.23. The average Bonchev–Trinajstić information content (AvgIpc) is 3.26. The van der Waals surface area contributed by atoms with E-state index in [9.17, 15) is 9.18 Å². The van der Waals surface area contributed by atoms with Gasteiger partial charge in [-0.25, -0.2) is 19.2 Å². The third-order valence-corrected chi connectivity index (χ3v) is 5.37. The number of morpholine rings is 1. The van der Waals surface area contributed by atoms with Gasteiger partial charge < -0.3 is 25.1 Å². The van der Waals surface area contributed by atoms with E-state index in [1.165, 1.54) is 30.6 Å². The number of carbonyl (C=O) groups excluding carboxylic acids is 1. The van der Waals surface area contributed by atoms with Gasteiger partial charge >= 0.3 is 6.03 Å². The molecule has 10 heteroatoms. The third-order valence-electron chi connectivity index (χ3n) is 5.37. The lowest BCUT2D eigenvalue weighted by Gasteiger charge is -2.25. The molecule has 0 saturated carbocycles. The summed E-state index contributed by atoms with van der Waals surface area (Å²) in [6, 6.07) is 14.0. The van der Waals surface area contributed by atoms with E-state index >= 15 is 0 Å². The Bertz CT molecular complexity index is 1270. The number of benzene rings is 2. The molecule has 2 aromatic heterocycles. The Kier molecular flexibility index (Phi) is 6.32. The first-order chi connectivity index (χ1) is 16.6. The number of hydrogen-bond acceptors (Lipinski definition) is 6. The van der Waals surface area contributed by atoms with Crippen LogP contribution in [-0.2, 0) is 11.3 Å². The smallest absolute Gasteiger partial charge is 0.323 e. The van der Waals surface area contributed by atoms with Crippen LogP contribution in [0.4, 0.5) is 20.6 Å². The number of aromatic nitrogens is 3. The van der Waals surface area contributed by atoms with Crippen molar-refractivity contribution in [1.82, 2.24) is 19.9 Å². The molecule has 2 aromatic carbocycles. The predicted octanol–water partition coefficient (Wildman–Crippen LogP) is 4.37. The highest BCUT2D eigenvalue weighted by Gasteiger charge is 2.15. The summed E-state index contributed by atoms with van der Waals surface area (Å²) in [6.07, 6.45) is 1.46. The fraction of sp³-hybridized carbons (Fsp3) is 0.208. The molecule has 0 radical (unpaired) electrons. The Morgan fingerprint density at radius 3 is 2.41 bits per heavy atom. The van der Waals surface area contributed by atoms with E-state index in [1.807, 2.05) is 6.07 Å². The number of H-pyrrole nitrogens is 1. The molecule has 1 saturated heterocycles. The van der Waals surface area contributed by atoms with E-state index in [-0.39, 0.29) is 5.82 Å². The topological polar surface area (TPSA) is 104 Å². The number of carbonyl (C=O) groups is 1. The summed E-state index contributed by atoms with van der Waals surface area (Å²) in [6.45, 7) is 4.05. The molecule has 1 fully saturated rings.